The van der Waals surface area contributed by atoms with Crippen molar-refractivity contribution in [3.8, 4) is 18.1 Å². The fourth-order valence-corrected chi connectivity index (χ4v) is 1.68. The van der Waals surface area contributed by atoms with Crippen LogP contribution in [0.2, 0.25) is 0 Å². The van der Waals surface area contributed by atoms with Crippen molar-refractivity contribution in [3.05, 3.63) is 42.5 Å². The molecule has 4 nitrogen and oxygen atoms in total. The van der Waals surface area contributed by atoms with Gasteiger partial charge in [0.15, 0.2) is 5.96 Å². The first kappa shape index (κ1) is 16.6. The average Bonchev–Trinajstić information content (AvgIpc) is 2.52. The molecule has 0 saturated carbocycles. The van der Waals surface area contributed by atoms with Crippen molar-refractivity contribution in [3.63, 3.8) is 0 Å². The fraction of sp³-hybridized carbons (Fsp3) is 0.353. The van der Waals surface area contributed by atoms with E-state index in [1.54, 1.807) is 0 Å². The van der Waals surface area contributed by atoms with E-state index >= 15 is 0 Å². The number of terminal acetylenes is 1. The van der Waals surface area contributed by atoms with Crippen LogP contribution in [0.15, 0.2) is 41.9 Å². The van der Waals surface area contributed by atoms with E-state index in [0.717, 1.165) is 31.2 Å². The number of benzene rings is 1. The van der Waals surface area contributed by atoms with E-state index in [9.17, 15) is 0 Å². The molecule has 4 heteroatoms. The molecule has 0 heterocycles. The maximum atomic E-state index is 5.34. The Kier molecular flexibility index (Phi) is 8.23. The van der Waals surface area contributed by atoms with E-state index in [2.05, 4.69) is 28.1 Å². The van der Waals surface area contributed by atoms with E-state index in [1.807, 2.05) is 37.3 Å². The van der Waals surface area contributed by atoms with Gasteiger partial charge in [0.2, 0.25) is 0 Å². The summed E-state index contributed by atoms with van der Waals surface area (Å²) in [6, 6.07) is 7.92. The molecule has 0 aromatic heterocycles. The van der Waals surface area contributed by atoms with Crippen LogP contribution in [0.4, 0.5) is 0 Å². The Hall–Kier alpha value is -2.41. The number of hydrogen-bond donors (Lipinski definition) is 2. The summed E-state index contributed by atoms with van der Waals surface area (Å²) in [5.74, 6) is 4.05. The van der Waals surface area contributed by atoms with Gasteiger partial charge in [-0.05, 0) is 31.0 Å². The highest BCUT2D eigenvalue weighted by Gasteiger charge is 1.97. The molecule has 1 rings (SSSR count). The summed E-state index contributed by atoms with van der Waals surface area (Å²) >= 11 is 0. The maximum absolute atomic E-state index is 5.34. The van der Waals surface area contributed by atoms with Gasteiger partial charge in [0.05, 0.1) is 0 Å². The van der Waals surface area contributed by atoms with E-state index in [1.165, 1.54) is 5.56 Å². The van der Waals surface area contributed by atoms with Gasteiger partial charge < -0.3 is 15.4 Å². The second-order valence-corrected chi connectivity index (χ2v) is 4.32. The average molecular weight is 285 g/mol. The molecular weight excluding hydrogens is 262 g/mol. The molecule has 2 N–H and O–H groups in total. The third-order valence-electron chi connectivity index (χ3n) is 2.67. The zero-order valence-electron chi connectivity index (χ0n) is 12.6. The smallest absolute Gasteiger partial charge is 0.191 e. The van der Waals surface area contributed by atoms with Gasteiger partial charge in [-0.25, -0.2) is 0 Å². The van der Waals surface area contributed by atoms with Crippen LogP contribution >= 0.6 is 0 Å². The van der Waals surface area contributed by atoms with Crippen molar-refractivity contribution in [2.75, 3.05) is 26.2 Å². The van der Waals surface area contributed by atoms with Crippen molar-refractivity contribution in [2.45, 2.75) is 13.3 Å². The zero-order chi connectivity index (χ0) is 15.3. The van der Waals surface area contributed by atoms with Gasteiger partial charge in [-0.15, -0.1) is 13.0 Å². The Bertz CT molecular complexity index is 486. The molecule has 0 amide bonds. The molecule has 0 fully saturated rings. The van der Waals surface area contributed by atoms with Crippen LogP contribution < -0.4 is 15.4 Å². The van der Waals surface area contributed by atoms with Crippen LogP contribution in [0.5, 0.6) is 5.75 Å². The number of rotatable bonds is 8. The Balaban J connectivity index is 2.45. The lowest BCUT2D eigenvalue weighted by molar-refractivity contribution is 0.370. The molecule has 1 aromatic rings. The van der Waals surface area contributed by atoms with Gasteiger partial charge in [0.1, 0.15) is 12.4 Å². The van der Waals surface area contributed by atoms with Gasteiger partial charge in [-0.1, -0.05) is 24.1 Å². The molecule has 0 spiro atoms. The molecule has 21 heavy (non-hydrogen) atoms. The Morgan fingerprint density at radius 2 is 2.14 bits per heavy atom. The molecule has 0 aliphatic carbocycles. The van der Waals surface area contributed by atoms with Crippen LogP contribution in [0.1, 0.15) is 12.5 Å². The molecule has 0 aliphatic heterocycles. The second kappa shape index (κ2) is 10.4. The normalized spacial score (nSPS) is 10.6. The molecule has 0 saturated heterocycles. The van der Waals surface area contributed by atoms with Gasteiger partial charge in [0, 0.05) is 19.6 Å². The van der Waals surface area contributed by atoms with Gasteiger partial charge in [-0.2, -0.15) is 0 Å². The number of aliphatic imine (C=N–C) groups is 1. The van der Waals surface area contributed by atoms with Crippen molar-refractivity contribution in [1.82, 2.24) is 10.6 Å². The first-order valence-corrected chi connectivity index (χ1v) is 7.08. The Morgan fingerprint density at radius 3 is 2.76 bits per heavy atom. The highest BCUT2D eigenvalue weighted by molar-refractivity contribution is 5.79. The Morgan fingerprint density at radius 1 is 1.38 bits per heavy atom. The van der Waals surface area contributed by atoms with E-state index < -0.39 is 0 Å². The Labute approximate surface area is 127 Å². The number of guanidine groups is 1. The lowest BCUT2D eigenvalue weighted by Gasteiger charge is -2.09. The summed E-state index contributed by atoms with van der Waals surface area (Å²) in [4.78, 5) is 4.51. The van der Waals surface area contributed by atoms with E-state index in [4.69, 9.17) is 11.2 Å². The van der Waals surface area contributed by atoms with Crippen molar-refractivity contribution in [1.29, 1.82) is 0 Å². The van der Waals surface area contributed by atoms with Crippen LogP contribution in [-0.2, 0) is 6.42 Å². The minimum atomic E-state index is 0.296. The van der Waals surface area contributed by atoms with Gasteiger partial charge in [-0.3, -0.25) is 4.99 Å². The lowest BCUT2D eigenvalue weighted by atomic mass is 10.1. The number of nitrogens with one attached hydrogen (secondary N) is 2. The summed E-state index contributed by atoms with van der Waals surface area (Å²) < 4.78 is 5.34. The van der Waals surface area contributed by atoms with Crippen molar-refractivity contribution >= 4 is 5.96 Å². The largest absolute Gasteiger partial charge is 0.481 e. The second-order valence-electron chi connectivity index (χ2n) is 4.32. The van der Waals surface area contributed by atoms with Crippen LogP contribution in [-0.4, -0.2) is 32.2 Å². The molecule has 0 unspecified atom stereocenters. The van der Waals surface area contributed by atoms with Crippen LogP contribution in [0.3, 0.4) is 0 Å². The highest BCUT2D eigenvalue weighted by Crippen LogP contribution is 2.12. The SMILES string of the molecule is C#CCOc1ccc(CCN=C(NCC)NCC=C)cc1. The predicted molar refractivity (Wildman–Crippen MR) is 88.7 cm³/mol. The van der Waals surface area contributed by atoms with Crippen molar-refractivity contribution < 1.29 is 4.74 Å². The molecule has 0 aliphatic rings. The molecular formula is C17H23N3O. The highest BCUT2D eigenvalue weighted by atomic mass is 16.5. The maximum Gasteiger partial charge on any atom is 0.191 e. The summed E-state index contributed by atoms with van der Waals surface area (Å²) in [6.45, 7) is 8.28. The third-order valence-corrected chi connectivity index (χ3v) is 2.67. The van der Waals surface area contributed by atoms with Crippen LogP contribution in [0, 0.1) is 12.3 Å². The fourth-order valence-electron chi connectivity index (χ4n) is 1.68. The standard InChI is InChI=1S/C17H23N3O/c1-4-12-19-17(18-6-3)20-13-11-15-7-9-16(10-8-15)21-14-5-2/h2,4,7-10H,1,6,11-14H2,3H3,(H2,18,19,20). The summed E-state index contributed by atoms with van der Waals surface area (Å²) in [5, 5.41) is 6.36. The molecule has 112 valence electrons. The van der Waals surface area contributed by atoms with Crippen LogP contribution in [0.25, 0.3) is 0 Å². The molecule has 0 atom stereocenters. The first-order chi connectivity index (χ1) is 10.3. The third kappa shape index (κ3) is 7.07. The molecule has 1 aromatic carbocycles. The number of nitrogens with zero attached hydrogens (tertiary/aromatic N) is 1. The molecule has 0 bridgehead atoms. The van der Waals surface area contributed by atoms with Gasteiger partial charge >= 0.3 is 0 Å². The van der Waals surface area contributed by atoms with Gasteiger partial charge in [0.25, 0.3) is 0 Å². The summed E-state index contributed by atoms with van der Waals surface area (Å²) in [5.41, 5.74) is 1.21. The molecule has 0 radical (unpaired) electrons. The van der Waals surface area contributed by atoms with E-state index in [-0.39, 0.29) is 0 Å². The minimum absolute atomic E-state index is 0.296. The van der Waals surface area contributed by atoms with Crippen molar-refractivity contribution in [2.24, 2.45) is 4.99 Å². The quantitative estimate of drug-likeness (QED) is 0.332. The number of ether oxygens (including phenoxy) is 1. The predicted octanol–water partition coefficient (Wildman–Crippen LogP) is 1.98. The minimum Gasteiger partial charge on any atom is -0.481 e. The topological polar surface area (TPSA) is 45.6 Å². The summed E-state index contributed by atoms with van der Waals surface area (Å²) in [6.07, 6.45) is 7.83. The monoisotopic (exact) mass is 285 g/mol. The number of hydrogen-bond acceptors (Lipinski definition) is 2. The summed E-state index contributed by atoms with van der Waals surface area (Å²) in [7, 11) is 0. The van der Waals surface area contributed by atoms with E-state index in [0.29, 0.717) is 13.2 Å². The lowest BCUT2D eigenvalue weighted by Crippen LogP contribution is -2.37. The first-order valence-electron chi connectivity index (χ1n) is 7.08. The zero-order valence-corrected chi connectivity index (χ0v) is 12.6.